The average Bonchev–Trinajstić information content (AvgIpc) is 2.11. The van der Waals surface area contributed by atoms with Crippen LogP contribution in [0.15, 0.2) is 0 Å². The zero-order chi connectivity index (χ0) is 7.72. The summed E-state index contributed by atoms with van der Waals surface area (Å²) in [6.07, 6.45) is 0.945. The summed E-state index contributed by atoms with van der Waals surface area (Å²) in [5, 5.41) is 0. The van der Waals surface area contributed by atoms with Gasteiger partial charge in [0.15, 0.2) is 0 Å². The molecule has 0 saturated carbocycles. The minimum absolute atomic E-state index is 0.0278. The molecule has 1 heterocycles. The summed E-state index contributed by atoms with van der Waals surface area (Å²) in [4.78, 5) is 13.0. The fraction of sp³-hybridized carbons (Fsp3) is 0.857. The van der Waals surface area contributed by atoms with E-state index in [2.05, 4.69) is 0 Å². The number of carbonyl (C=O) groups excluding carboxylic acids is 1. The highest BCUT2D eigenvalue weighted by Gasteiger charge is 2.31. The molecule has 0 unspecified atom stereocenters. The van der Waals surface area contributed by atoms with E-state index in [9.17, 15) is 4.79 Å². The minimum atomic E-state index is -0.0278. The Kier molecular flexibility index (Phi) is 2.06. The Morgan fingerprint density at radius 1 is 1.70 bits per heavy atom. The topological polar surface area (TPSA) is 46.3 Å². The van der Waals surface area contributed by atoms with E-state index < -0.39 is 0 Å². The Hall–Kier alpha value is -0.410. The standard InChI is InChI=1S/C7H14N2O/c1-5(10)7-6(8)3-4-9(7)2/h6-7H,3-4,8H2,1-2H3/t6-,7-/m0/s1. The Balaban J connectivity index is 2.63. The Morgan fingerprint density at radius 3 is 2.50 bits per heavy atom. The number of ketones is 1. The van der Waals surface area contributed by atoms with Gasteiger partial charge in [-0.25, -0.2) is 0 Å². The van der Waals surface area contributed by atoms with E-state index in [0.717, 1.165) is 13.0 Å². The largest absolute Gasteiger partial charge is 0.326 e. The first-order chi connectivity index (χ1) is 4.63. The van der Waals surface area contributed by atoms with Crippen LogP contribution in [0.1, 0.15) is 13.3 Å². The Morgan fingerprint density at radius 2 is 2.30 bits per heavy atom. The van der Waals surface area contributed by atoms with E-state index in [-0.39, 0.29) is 17.9 Å². The van der Waals surface area contributed by atoms with E-state index in [1.807, 2.05) is 11.9 Å². The summed E-state index contributed by atoms with van der Waals surface area (Å²) >= 11 is 0. The van der Waals surface area contributed by atoms with Crippen LogP contribution in [0.25, 0.3) is 0 Å². The molecule has 0 spiro atoms. The lowest BCUT2D eigenvalue weighted by molar-refractivity contribution is -0.121. The second kappa shape index (κ2) is 2.68. The number of hydrogen-bond acceptors (Lipinski definition) is 3. The van der Waals surface area contributed by atoms with Crippen molar-refractivity contribution in [1.29, 1.82) is 0 Å². The molecule has 58 valence electrons. The number of likely N-dealkylation sites (N-methyl/N-ethyl adjacent to an activating group) is 1. The minimum Gasteiger partial charge on any atom is -0.326 e. The van der Waals surface area contributed by atoms with Crippen LogP contribution in [-0.4, -0.2) is 36.4 Å². The molecule has 1 aliphatic rings. The third-order valence-electron chi connectivity index (χ3n) is 2.11. The number of hydrogen-bond donors (Lipinski definition) is 1. The number of likely N-dealkylation sites (tertiary alicyclic amines) is 1. The van der Waals surface area contributed by atoms with Crippen molar-refractivity contribution >= 4 is 5.78 Å². The number of nitrogens with zero attached hydrogens (tertiary/aromatic N) is 1. The lowest BCUT2D eigenvalue weighted by atomic mass is 10.1. The molecule has 1 fully saturated rings. The van der Waals surface area contributed by atoms with Gasteiger partial charge in [0.05, 0.1) is 6.04 Å². The van der Waals surface area contributed by atoms with Gasteiger partial charge in [0.2, 0.25) is 0 Å². The predicted molar refractivity (Wildman–Crippen MR) is 39.7 cm³/mol. The van der Waals surface area contributed by atoms with Gasteiger partial charge in [-0.2, -0.15) is 0 Å². The van der Waals surface area contributed by atoms with Gasteiger partial charge in [0, 0.05) is 12.6 Å². The van der Waals surface area contributed by atoms with Crippen molar-refractivity contribution in [2.24, 2.45) is 5.73 Å². The zero-order valence-corrected chi connectivity index (χ0v) is 6.50. The first-order valence-corrected chi connectivity index (χ1v) is 3.59. The van der Waals surface area contributed by atoms with E-state index in [0.29, 0.717) is 0 Å². The summed E-state index contributed by atoms with van der Waals surface area (Å²) in [6, 6.07) is 0.0301. The molecule has 10 heavy (non-hydrogen) atoms. The first-order valence-electron chi connectivity index (χ1n) is 3.59. The van der Waals surface area contributed by atoms with Crippen molar-refractivity contribution in [2.75, 3.05) is 13.6 Å². The van der Waals surface area contributed by atoms with Crippen LogP contribution in [0.3, 0.4) is 0 Å². The van der Waals surface area contributed by atoms with Gasteiger partial charge in [-0.3, -0.25) is 9.69 Å². The van der Waals surface area contributed by atoms with Crippen molar-refractivity contribution in [1.82, 2.24) is 4.90 Å². The maximum Gasteiger partial charge on any atom is 0.148 e. The lowest BCUT2D eigenvalue weighted by Gasteiger charge is -2.18. The van der Waals surface area contributed by atoms with Gasteiger partial charge >= 0.3 is 0 Å². The number of nitrogens with two attached hydrogens (primary N) is 1. The highest BCUT2D eigenvalue weighted by atomic mass is 16.1. The van der Waals surface area contributed by atoms with E-state index >= 15 is 0 Å². The third kappa shape index (κ3) is 1.20. The van der Waals surface area contributed by atoms with Crippen LogP contribution in [-0.2, 0) is 4.79 Å². The quantitative estimate of drug-likeness (QED) is 0.542. The van der Waals surface area contributed by atoms with Gasteiger partial charge in [-0.15, -0.1) is 0 Å². The molecule has 3 heteroatoms. The molecule has 1 saturated heterocycles. The van der Waals surface area contributed by atoms with E-state index in [4.69, 9.17) is 5.73 Å². The second-order valence-electron chi connectivity index (χ2n) is 2.99. The smallest absolute Gasteiger partial charge is 0.148 e. The molecule has 0 amide bonds. The highest BCUT2D eigenvalue weighted by molar-refractivity contribution is 5.82. The summed E-state index contributed by atoms with van der Waals surface area (Å²) in [7, 11) is 1.94. The fourth-order valence-electron chi connectivity index (χ4n) is 1.59. The summed E-state index contributed by atoms with van der Waals surface area (Å²) in [6.45, 7) is 2.55. The molecular weight excluding hydrogens is 128 g/mol. The predicted octanol–water partition coefficient (Wildman–Crippen LogP) is -0.393. The summed E-state index contributed by atoms with van der Waals surface area (Å²) < 4.78 is 0. The normalized spacial score (nSPS) is 34.7. The number of Topliss-reactive ketones (excluding diaryl/α,β-unsaturated/α-hetero) is 1. The fourth-order valence-corrected chi connectivity index (χ4v) is 1.59. The van der Waals surface area contributed by atoms with Crippen molar-refractivity contribution in [2.45, 2.75) is 25.4 Å². The van der Waals surface area contributed by atoms with Crippen LogP contribution < -0.4 is 5.73 Å². The van der Waals surface area contributed by atoms with Crippen molar-refractivity contribution in [3.8, 4) is 0 Å². The molecule has 3 nitrogen and oxygen atoms in total. The molecule has 0 bridgehead atoms. The molecule has 0 aromatic rings. The molecule has 0 aromatic carbocycles. The van der Waals surface area contributed by atoms with Crippen molar-refractivity contribution < 1.29 is 4.79 Å². The zero-order valence-electron chi connectivity index (χ0n) is 6.50. The molecule has 1 rings (SSSR count). The van der Waals surface area contributed by atoms with Gasteiger partial charge in [0.25, 0.3) is 0 Å². The third-order valence-corrected chi connectivity index (χ3v) is 2.11. The summed E-state index contributed by atoms with van der Waals surface area (Å²) in [5.74, 6) is 0.188. The number of carbonyl (C=O) groups is 1. The Labute approximate surface area is 61.2 Å². The first kappa shape index (κ1) is 7.69. The van der Waals surface area contributed by atoms with E-state index in [1.165, 1.54) is 0 Å². The van der Waals surface area contributed by atoms with Crippen LogP contribution in [0.2, 0.25) is 0 Å². The summed E-state index contributed by atoms with van der Waals surface area (Å²) in [5.41, 5.74) is 5.71. The molecule has 0 aliphatic carbocycles. The van der Waals surface area contributed by atoms with Crippen LogP contribution in [0, 0.1) is 0 Å². The van der Waals surface area contributed by atoms with Crippen LogP contribution >= 0.6 is 0 Å². The SMILES string of the molecule is CC(=O)[C@H]1[C@@H](N)CCN1C. The lowest BCUT2D eigenvalue weighted by Crippen LogP contribution is -2.42. The van der Waals surface area contributed by atoms with Gasteiger partial charge in [-0.1, -0.05) is 0 Å². The van der Waals surface area contributed by atoms with Crippen LogP contribution in [0.4, 0.5) is 0 Å². The molecule has 0 radical (unpaired) electrons. The second-order valence-corrected chi connectivity index (χ2v) is 2.99. The van der Waals surface area contributed by atoms with Gasteiger partial charge < -0.3 is 5.73 Å². The maximum absolute atomic E-state index is 10.9. The van der Waals surface area contributed by atoms with Gasteiger partial charge in [0.1, 0.15) is 5.78 Å². The van der Waals surface area contributed by atoms with Crippen molar-refractivity contribution in [3.63, 3.8) is 0 Å². The molecular formula is C7H14N2O. The molecule has 0 aromatic heterocycles. The molecule has 2 N–H and O–H groups in total. The monoisotopic (exact) mass is 142 g/mol. The van der Waals surface area contributed by atoms with Crippen molar-refractivity contribution in [3.05, 3.63) is 0 Å². The Bertz CT molecular complexity index is 137. The van der Waals surface area contributed by atoms with Gasteiger partial charge in [-0.05, 0) is 20.4 Å². The molecule has 1 aliphatic heterocycles. The maximum atomic E-state index is 10.9. The molecule has 2 atom stereocenters. The number of rotatable bonds is 1. The van der Waals surface area contributed by atoms with E-state index in [1.54, 1.807) is 6.92 Å². The van der Waals surface area contributed by atoms with Crippen LogP contribution in [0.5, 0.6) is 0 Å². The average molecular weight is 142 g/mol. The highest BCUT2D eigenvalue weighted by Crippen LogP contribution is 2.13.